The zero-order chi connectivity index (χ0) is 17.4. The summed E-state index contributed by atoms with van der Waals surface area (Å²) < 4.78 is 20.2. The first kappa shape index (κ1) is 17.0. The van der Waals surface area contributed by atoms with Gasteiger partial charge in [-0.1, -0.05) is 12.1 Å². The number of methoxy groups -OCH3 is 3. The molecular formula is C15H16N4O5. The first-order valence-corrected chi connectivity index (χ1v) is 6.77. The van der Waals surface area contributed by atoms with Crippen LogP contribution < -0.4 is 19.6 Å². The quantitative estimate of drug-likeness (QED) is 0.637. The lowest BCUT2D eigenvalue weighted by Gasteiger charge is -2.09. The molecule has 0 spiro atoms. The SMILES string of the molecule is COC(=O)N/N=C/c1ccccc1Oc1nc(OC)cc(OC)n1. The normalized spacial score (nSPS) is 10.3. The Labute approximate surface area is 138 Å². The number of rotatable bonds is 6. The molecule has 0 bridgehead atoms. The van der Waals surface area contributed by atoms with Crippen LogP contribution in [-0.4, -0.2) is 43.6 Å². The zero-order valence-electron chi connectivity index (χ0n) is 13.3. The Morgan fingerprint density at radius 2 is 1.79 bits per heavy atom. The summed E-state index contributed by atoms with van der Waals surface area (Å²) in [5.74, 6) is 1.04. The smallest absolute Gasteiger partial charge is 0.427 e. The predicted molar refractivity (Wildman–Crippen MR) is 84.8 cm³/mol. The summed E-state index contributed by atoms with van der Waals surface area (Å²) in [5, 5.41) is 3.76. The monoisotopic (exact) mass is 332 g/mol. The Kier molecular flexibility index (Phi) is 5.89. The van der Waals surface area contributed by atoms with Gasteiger partial charge in [0.2, 0.25) is 11.8 Å². The zero-order valence-corrected chi connectivity index (χ0v) is 13.3. The highest BCUT2D eigenvalue weighted by atomic mass is 16.5. The van der Waals surface area contributed by atoms with Gasteiger partial charge in [0, 0.05) is 5.56 Å². The third kappa shape index (κ3) is 4.57. The van der Waals surface area contributed by atoms with Crippen molar-refractivity contribution in [2.45, 2.75) is 0 Å². The predicted octanol–water partition coefficient (Wildman–Crippen LogP) is 1.98. The summed E-state index contributed by atoms with van der Waals surface area (Å²) in [7, 11) is 4.20. The molecule has 0 aliphatic rings. The third-order valence-electron chi connectivity index (χ3n) is 2.74. The number of carbonyl (C=O) groups is 1. The minimum absolute atomic E-state index is 0.0491. The van der Waals surface area contributed by atoms with Crippen molar-refractivity contribution in [3.63, 3.8) is 0 Å². The van der Waals surface area contributed by atoms with Crippen molar-refractivity contribution in [1.82, 2.24) is 15.4 Å². The highest BCUT2D eigenvalue weighted by molar-refractivity contribution is 5.84. The van der Waals surface area contributed by atoms with E-state index < -0.39 is 6.09 Å². The van der Waals surface area contributed by atoms with Crippen molar-refractivity contribution in [2.75, 3.05) is 21.3 Å². The number of para-hydroxylation sites is 1. The molecule has 0 saturated heterocycles. The van der Waals surface area contributed by atoms with Crippen LogP contribution in [0.15, 0.2) is 35.4 Å². The number of aromatic nitrogens is 2. The fourth-order valence-corrected chi connectivity index (χ4v) is 1.62. The molecule has 0 saturated carbocycles. The van der Waals surface area contributed by atoms with Crippen molar-refractivity contribution in [3.05, 3.63) is 35.9 Å². The van der Waals surface area contributed by atoms with Crippen LogP contribution in [0, 0.1) is 0 Å². The molecule has 0 aliphatic heterocycles. The molecule has 2 rings (SSSR count). The van der Waals surface area contributed by atoms with Crippen LogP contribution in [0.1, 0.15) is 5.56 Å². The van der Waals surface area contributed by atoms with E-state index in [1.807, 2.05) is 0 Å². The molecule has 2 aromatic rings. The van der Waals surface area contributed by atoms with Gasteiger partial charge in [0.25, 0.3) is 0 Å². The van der Waals surface area contributed by atoms with E-state index in [9.17, 15) is 4.79 Å². The lowest BCUT2D eigenvalue weighted by Crippen LogP contribution is -2.16. The summed E-state index contributed by atoms with van der Waals surface area (Å²) in [6.07, 6.45) is 0.731. The highest BCUT2D eigenvalue weighted by Crippen LogP contribution is 2.25. The van der Waals surface area contributed by atoms with Gasteiger partial charge >= 0.3 is 12.1 Å². The molecule has 126 valence electrons. The Morgan fingerprint density at radius 3 is 2.42 bits per heavy atom. The summed E-state index contributed by atoms with van der Waals surface area (Å²) in [5.41, 5.74) is 2.79. The van der Waals surface area contributed by atoms with Crippen LogP contribution in [0.5, 0.6) is 23.5 Å². The molecule has 0 atom stereocenters. The van der Waals surface area contributed by atoms with Gasteiger partial charge in [-0.3, -0.25) is 0 Å². The van der Waals surface area contributed by atoms with E-state index in [-0.39, 0.29) is 6.01 Å². The van der Waals surface area contributed by atoms with Crippen LogP contribution in [0.4, 0.5) is 4.79 Å². The Morgan fingerprint density at radius 1 is 1.12 bits per heavy atom. The molecule has 9 nitrogen and oxygen atoms in total. The van der Waals surface area contributed by atoms with Crippen molar-refractivity contribution < 1.29 is 23.7 Å². The van der Waals surface area contributed by atoms with Crippen molar-refractivity contribution >= 4 is 12.3 Å². The first-order valence-electron chi connectivity index (χ1n) is 6.77. The van der Waals surface area contributed by atoms with Crippen LogP contribution >= 0.6 is 0 Å². The van der Waals surface area contributed by atoms with Crippen molar-refractivity contribution in [2.24, 2.45) is 5.10 Å². The molecule has 9 heteroatoms. The molecule has 1 aromatic carbocycles. The van der Waals surface area contributed by atoms with Gasteiger partial charge in [-0.15, -0.1) is 0 Å². The van der Waals surface area contributed by atoms with Gasteiger partial charge in [-0.05, 0) is 12.1 Å². The number of nitrogens with zero attached hydrogens (tertiary/aromatic N) is 3. The first-order chi connectivity index (χ1) is 11.7. The molecule has 24 heavy (non-hydrogen) atoms. The molecule has 1 amide bonds. The minimum Gasteiger partial charge on any atom is -0.481 e. The summed E-state index contributed by atoms with van der Waals surface area (Å²) in [6, 6.07) is 8.59. The average Bonchev–Trinajstić information content (AvgIpc) is 2.62. The van der Waals surface area contributed by atoms with E-state index >= 15 is 0 Å². The van der Waals surface area contributed by atoms with Crippen LogP contribution in [-0.2, 0) is 4.74 Å². The van der Waals surface area contributed by atoms with E-state index in [0.717, 1.165) is 0 Å². The summed E-state index contributed by atoms with van der Waals surface area (Å²) >= 11 is 0. The van der Waals surface area contributed by atoms with Crippen LogP contribution in [0.3, 0.4) is 0 Å². The number of hydrazone groups is 1. The molecule has 0 aliphatic carbocycles. The second-order valence-corrected chi connectivity index (χ2v) is 4.24. The second kappa shape index (κ2) is 8.32. The Balaban J connectivity index is 2.22. The topological polar surface area (TPSA) is 104 Å². The van der Waals surface area contributed by atoms with Crippen LogP contribution in [0.2, 0.25) is 0 Å². The maximum Gasteiger partial charge on any atom is 0.427 e. The molecule has 0 radical (unpaired) electrons. The lowest BCUT2D eigenvalue weighted by molar-refractivity contribution is 0.171. The third-order valence-corrected chi connectivity index (χ3v) is 2.74. The Hall–Kier alpha value is -3.36. The molecule has 1 N–H and O–H groups in total. The lowest BCUT2D eigenvalue weighted by atomic mass is 10.2. The van der Waals surface area contributed by atoms with Crippen LogP contribution in [0.25, 0.3) is 0 Å². The maximum absolute atomic E-state index is 11.0. The number of ether oxygens (including phenoxy) is 4. The van der Waals surface area contributed by atoms with E-state index in [1.165, 1.54) is 33.6 Å². The molecular weight excluding hydrogens is 316 g/mol. The minimum atomic E-state index is -0.675. The van der Waals surface area contributed by atoms with Gasteiger partial charge in [0.1, 0.15) is 5.75 Å². The fraction of sp³-hybridized carbons (Fsp3) is 0.200. The van der Waals surface area contributed by atoms with Gasteiger partial charge in [-0.2, -0.15) is 15.1 Å². The van der Waals surface area contributed by atoms with E-state index in [2.05, 4.69) is 25.2 Å². The molecule has 1 heterocycles. The standard InChI is InChI=1S/C15H16N4O5/c1-21-12-8-13(22-2)18-14(17-12)24-11-7-5-4-6-10(11)9-16-19-15(20)23-3/h4-9H,1-3H3,(H,19,20)/b16-9+. The second-order valence-electron chi connectivity index (χ2n) is 4.24. The number of amides is 1. The number of nitrogens with one attached hydrogen (secondary N) is 1. The summed E-state index contributed by atoms with van der Waals surface area (Å²) in [4.78, 5) is 19.2. The van der Waals surface area contributed by atoms with Gasteiger partial charge in [0.05, 0.1) is 33.6 Å². The van der Waals surface area contributed by atoms with E-state index in [1.54, 1.807) is 24.3 Å². The number of carbonyl (C=O) groups excluding carboxylic acids is 1. The van der Waals surface area contributed by atoms with Gasteiger partial charge < -0.3 is 18.9 Å². The molecule has 0 fully saturated rings. The number of hydrogen-bond donors (Lipinski definition) is 1. The largest absolute Gasteiger partial charge is 0.481 e. The number of hydrogen-bond acceptors (Lipinski definition) is 8. The maximum atomic E-state index is 11.0. The average molecular weight is 332 g/mol. The van der Waals surface area contributed by atoms with Gasteiger partial charge in [0.15, 0.2) is 0 Å². The fourth-order valence-electron chi connectivity index (χ4n) is 1.62. The molecule has 1 aromatic heterocycles. The number of benzene rings is 1. The van der Waals surface area contributed by atoms with Crippen molar-refractivity contribution in [3.8, 4) is 23.5 Å². The molecule has 0 unspecified atom stereocenters. The van der Waals surface area contributed by atoms with E-state index in [4.69, 9.17) is 14.2 Å². The Bertz CT molecular complexity index is 713. The van der Waals surface area contributed by atoms with Gasteiger partial charge in [-0.25, -0.2) is 10.2 Å². The van der Waals surface area contributed by atoms with Crippen molar-refractivity contribution in [1.29, 1.82) is 0 Å². The van der Waals surface area contributed by atoms with E-state index in [0.29, 0.717) is 23.1 Å². The highest BCUT2D eigenvalue weighted by Gasteiger charge is 2.09. The summed E-state index contributed by atoms with van der Waals surface area (Å²) in [6.45, 7) is 0.